The van der Waals surface area contributed by atoms with Gasteiger partial charge in [-0.15, -0.1) is 0 Å². The molecule has 1 aliphatic rings. The quantitative estimate of drug-likeness (QED) is 0.801. The van der Waals surface area contributed by atoms with E-state index in [0.717, 1.165) is 5.56 Å². The van der Waals surface area contributed by atoms with Crippen molar-refractivity contribution < 1.29 is 14.3 Å². The van der Waals surface area contributed by atoms with E-state index < -0.39 is 0 Å². The lowest BCUT2D eigenvalue weighted by molar-refractivity contribution is -0.126. The molecule has 0 saturated carbocycles. The molecule has 1 aliphatic heterocycles. The molecule has 2 rings (SSSR count). The molecule has 92 valence electrons. The van der Waals surface area contributed by atoms with Gasteiger partial charge in [0.2, 0.25) is 0 Å². The van der Waals surface area contributed by atoms with Crippen LogP contribution in [0.1, 0.15) is 23.1 Å². The second-order valence-corrected chi connectivity index (χ2v) is 4.46. The number of rotatable bonds is 4. The number of carbonyl (C=O) groups excluding carboxylic acids is 1. The molecule has 1 heterocycles. The van der Waals surface area contributed by atoms with Gasteiger partial charge in [-0.3, -0.25) is 4.79 Å². The molecule has 3 nitrogen and oxygen atoms in total. The van der Waals surface area contributed by atoms with Crippen LogP contribution in [0.5, 0.6) is 0 Å². The van der Waals surface area contributed by atoms with Crippen LogP contribution in [0.25, 0.3) is 0 Å². The monoisotopic (exact) mass is 234 g/mol. The summed E-state index contributed by atoms with van der Waals surface area (Å²) in [7, 11) is 0. The van der Waals surface area contributed by atoms with E-state index in [2.05, 4.69) is 0 Å². The first-order chi connectivity index (χ1) is 8.16. The van der Waals surface area contributed by atoms with Crippen LogP contribution in [-0.4, -0.2) is 25.3 Å². The molecule has 0 radical (unpaired) electrons. The highest BCUT2D eigenvalue weighted by Gasteiger charge is 2.20. The van der Waals surface area contributed by atoms with Crippen LogP contribution in [0.15, 0.2) is 18.2 Å². The number of benzene rings is 1. The number of hydrogen-bond acceptors (Lipinski definition) is 3. The summed E-state index contributed by atoms with van der Waals surface area (Å²) in [5.41, 5.74) is 3.48. The van der Waals surface area contributed by atoms with Gasteiger partial charge in [-0.2, -0.15) is 0 Å². The van der Waals surface area contributed by atoms with Crippen molar-refractivity contribution in [2.45, 2.75) is 33.0 Å². The largest absolute Gasteiger partial charge is 0.350 e. The summed E-state index contributed by atoms with van der Waals surface area (Å²) in [5, 5.41) is 0. The number of carbonyl (C=O) groups is 1. The normalized spacial score (nSPS) is 16.4. The molecule has 17 heavy (non-hydrogen) atoms. The Bertz CT molecular complexity index is 386. The van der Waals surface area contributed by atoms with Gasteiger partial charge in [0.15, 0.2) is 6.29 Å². The standard InChI is InChI=1S/C14H18O3/c1-10-4-3-5-11(2)13(10)8-12(15)9-14-16-6-7-17-14/h3-5,14H,6-9H2,1-2H3. The summed E-state index contributed by atoms with van der Waals surface area (Å²) >= 11 is 0. The molecule has 1 saturated heterocycles. The number of ketones is 1. The Kier molecular flexibility index (Phi) is 3.92. The average molecular weight is 234 g/mol. The molecule has 0 bridgehead atoms. The first-order valence-electron chi connectivity index (χ1n) is 5.97. The van der Waals surface area contributed by atoms with E-state index in [4.69, 9.17) is 9.47 Å². The molecule has 0 amide bonds. The highest BCUT2D eigenvalue weighted by atomic mass is 16.7. The maximum absolute atomic E-state index is 11.9. The maximum atomic E-state index is 11.9. The summed E-state index contributed by atoms with van der Waals surface area (Å²) in [6, 6.07) is 6.10. The number of hydrogen-bond donors (Lipinski definition) is 0. The van der Waals surface area contributed by atoms with Crippen molar-refractivity contribution in [2.75, 3.05) is 13.2 Å². The smallest absolute Gasteiger partial charge is 0.164 e. The zero-order valence-corrected chi connectivity index (χ0v) is 10.4. The summed E-state index contributed by atoms with van der Waals surface area (Å²) in [5.74, 6) is 0.175. The summed E-state index contributed by atoms with van der Waals surface area (Å²) in [6.07, 6.45) is 0.502. The van der Waals surface area contributed by atoms with Crippen molar-refractivity contribution in [3.8, 4) is 0 Å². The van der Waals surface area contributed by atoms with Gasteiger partial charge in [-0.25, -0.2) is 0 Å². The topological polar surface area (TPSA) is 35.5 Å². The van der Waals surface area contributed by atoms with Gasteiger partial charge in [0, 0.05) is 6.42 Å². The summed E-state index contributed by atoms with van der Waals surface area (Å²) in [4.78, 5) is 11.9. The first-order valence-corrected chi connectivity index (χ1v) is 5.97. The molecule has 1 aromatic rings. The minimum Gasteiger partial charge on any atom is -0.350 e. The van der Waals surface area contributed by atoms with Crippen LogP contribution in [-0.2, 0) is 20.7 Å². The van der Waals surface area contributed by atoms with E-state index in [1.54, 1.807) is 0 Å². The van der Waals surface area contributed by atoms with Crippen molar-refractivity contribution in [1.82, 2.24) is 0 Å². The molecule has 0 spiro atoms. The van der Waals surface area contributed by atoms with Crippen molar-refractivity contribution >= 4 is 5.78 Å². The Hall–Kier alpha value is -1.19. The van der Waals surface area contributed by atoms with Gasteiger partial charge in [-0.1, -0.05) is 18.2 Å². The third-order valence-corrected chi connectivity index (χ3v) is 3.10. The fraction of sp³-hybridized carbons (Fsp3) is 0.500. The van der Waals surface area contributed by atoms with Crippen LogP contribution in [0.3, 0.4) is 0 Å². The Morgan fingerprint density at radius 1 is 1.24 bits per heavy atom. The first kappa shape index (κ1) is 12.3. The van der Waals surface area contributed by atoms with Crippen molar-refractivity contribution in [3.05, 3.63) is 34.9 Å². The summed E-state index contributed by atoms with van der Waals surface area (Å²) in [6.45, 7) is 5.28. The van der Waals surface area contributed by atoms with Gasteiger partial charge in [0.25, 0.3) is 0 Å². The second kappa shape index (κ2) is 5.43. The minimum absolute atomic E-state index is 0.175. The zero-order chi connectivity index (χ0) is 12.3. The van der Waals surface area contributed by atoms with E-state index in [1.165, 1.54) is 11.1 Å². The van der Waals surface area contributed by atoms with Crippen LogP contribution in [0.2, 0.25) is 0 Å². The lowest BCUT2D eigenvalue weighted by Gasteiger charge is -2.11. The number of Topliss-reactive ketones (excluding diaryl/α,β-unsaturated/α-hetero) is 1. The Morgan fingerprint density at radius 2 is 1.82 bits per heavy atom. The van der Waals surface area contributed by atoms with E-state index in [1.807, 2.05) is 32.0 Å². The molecule has 0 N–H and O–H groups in total. The fourth-order valence-corrected chi connectivity index (χ4v) is 2.11. The fourth-order valence-electron chi connectivity index (χ4n) is 2.11. The predicted molar refractivity (Wildman–Crippen MR) is 64.9 cm³/mol. The molecule has 1 fully saturated rings. The predicted octanol–water partition coefficient (Wildman–Crippen LogP) is 2.18. The highest BCUT2D eigenvalue weighted by Crippen LogP contribution is 2.16. The second-order valence-electron chi connectivity index (χ2n) is 4.46. The van der Waals surface area contributed by atoms with E-state index in [-0.39, 0.29) is 12.1 Å². The lowest BCUT2D eigenvalue weighted by Crippen LogP contribution is -2.16. The van der Waals surface area contributed by atoms with E-state index >= 15 is 0 Å². The zero-order valence-electron chi connectivity index (χ0n) is 10.4. The van der Waals surface area contributed by atoms with Crippen molar-refractivity contribution in [2.24, 2.45) is 0 Å². The molecule has 1 aromatic carbocycles. The highest BCUT2D eigenvalue weighted by molar-refractivity contribution is 5.81. The van der Waals surface area contributed by atoms with Gasteiger partial charge in [0.1, 0.15) is 5.78 Å². The third kappa shape index (κ3) is 3.14. The van der Waals surface area contributed by atoms with E-state index in [0.29, 0.717) is 26.1 Å². The minimum atomic E-state index is -0.327. The van der Waals surface area contributed by atoms with Gasteiger partial charge in [0.05, 0.1) is 19.6 Å². The Balaban J connectivity index is 1.97. The van der Waals surface area contributed by atoms with Crippen LogP contribution in [0, 0.1) is 13.8 Å². The molecular weight excluding hydrogens is 216 g/mol. The molecule has 3 heteroatoms. The van der Waals surface area contributed by atoms with Crippen LogP contribution >= 0.6 is 0 Å². The molecule has 0 aromatic heterocycles. The molecular formula is C14H18O3. The average Bonchev–Trinajstić information content (AvgIpc) is 2.76. The number of aryl methyl sites for hydroxylation is 2. The Labute approximate surface area is 102 Å². The Morgan fingerprint density at radius 3 is 2.41 bits per heavy atom. The van der Waals surface area contributed by atoms with Crippen LogP contribution in [0.4, 0.5) is 0 Å². The van der Waals surface area contributed by atoms with Crippen molar-refractivity contribution in [3.63, 3.8) is 0 Å². The SMILES string of the molecule is Cc1cccc(C)c1CC(=O)CC1OCCO1. The summed E-state index contributed by atoms with van der Waals surface area (Å²) < 4.78 is 10.6. The number of ether oxygens (including phenoxy) is 2. The van der Waals surface area contributed by atoms with Gasteiger partial charge >= 0.3 is 0 Å². The van der Waals surface area contributed by atoms with Gasteiger partial charge in [-0.05, 0) is 30.5 Å². The lowest BCUT2D eigenvalue weighted by atomic mass is 9.97. The molecule has 0 unspecified atom stereocenters. The molecule has 0 atom stereocenters. The van der Waals surface area contributed by atoms with Crippen LogP contribution < -0.4 is 0 Å². The van der Waals surface area contributed by atoms with E-state index in [9.17, 15) is 4.79 Å². The van der Waals surface area contributed by atoms with Crippen molar-refractivity contribution in [1.29, 1.82) is 0 Å². The molecule has 0 aliphatic carbocycles. The van der Waals surface area contributed by atoms with Gasteiger partial charge < -0.3 is 9.47 Å². The maximum Gasteiger partial charge on any atom is 0.164 e. The third-order valence-electron chi connectivity index (χ3n) is 3.10.